The van der Waals surface area contributed by atoms with Crippen LogP contribution in [0.15, 0.2) is 23.0 Å². The van der Waals surface area contributed by atoms with E-state index < -0.39 is 9.84 Å². The van der Waals surface area contributed by atoms with Crippen molar-refractivity contribution in [3.8, 4) is 5.75 Å². The number of imidazole rings is 1. The Morgan fingerprint density at radius 2 is 2.21 bits per heavy atom. The highest BCUT2D eigenvalue weighted by Crippen LogP contribution is 2.24. The van der Waals surface area contributed by atoms with Crippen molar-refractivity contribution in [1.29, 1.82) is 0 Å². The van der Waals surface area contributed by atoms with E-state index in [2.05, 4.69) is 4.98 Å². The Bertz CT molecular complexity index is 788. The van der Waals surface area contributed by atoms with E-state index in [1.807, 2.05) is 0 Å². The van der Waals surface area contributed by atoms with Gasteiger partial charge in [0.1, 0.15) is 11.3 Å². The zero-order valence-corrected chi connectivity index (χ0v) is 11.0. The van der Waals surface area contributed by atoms with Gasteiger partial charge < -0.3 is 10.1 Å². The van der Waals surface area contributed by atoms with Crippen LogP contribution in [0.2, 0.25) is 0 Å². The molecule has 102 valence electrons. The number of benzene rings is 1. The van der Waals surface area contributed by atoms with Crippen LogP contribution in [0.5, 0.6) is 5.75 Å². The maximum atomic E-state index is 11.9. The zero-order chi connectivity index (χ0) is 13.6. The fourth-order valence-electron chi connectivity index (χ4n) is 2.62. The smallest absolute Gasteiger partial charge is 0.326 e. The Balaban J connectivity index is 2.00. The molecule has 1 aromatic carbocycles. The fraction of sp³-hybridized carbons (Fsp3) is 0.417. The van der Waals surface area contributed by atoms with E-state index >= 15 is 0 Å². The number of para-hydroxylation sites is 1. The summed E-state index contributed by atoms with van der Waals surface area (Å²) in [7, 11) is -2.95. The summed E-state index contributed by atoms with van der Waals surface area (Å²) in [5.74, 6) is 0.307. The third-order valence-electron chi connectivity index (χ3n) is 3.56. The first-order valence-corrected chi connectivity index (χ1v) is 7.89. The molecule has 1 aliphatic heterocycles. The van der Waals surface area contributed by atoms with Gasteiger partial charge in [0.2, 0.25) is 0 Å². The van der Waals surface area contributed by atoms with Gasteiger partial charge in [-0.05, 0) is 24.5 Å². The highest BCUT2D eigenvalue weighted by Gasteiger charge is 2.28. The second-order valence-electron chi connectivity index (χ2n) is 4.98. The van der Waals surface area contributed by atoms with Gasteiger partial charge in [-0.3, -0.25) is 4.57 Å². The summed E-state index contributed by atoms with van der Waals surface area (Å²) in [5, 5.41) is 9.67. The van der Waals surface area contributed by atoms with Crippen LogP contribution in [0.25, 0.3) is 11.0 Å². The molecule has 1 aliphatic rings. The Kier molecular flexibility index (Phi) is 2.67. The molecule has 0 radical (unpaired) electrons. The molecule has 2 heterocycles. The minimum atomic E-state index is -2.95. The molecule has 1 atom stereocenters. The van der Waals surface area contributed by atoms with Gasteiger partial charge >= 0.3 is 5.69 Å². The number of aromatic hydroxyl groups is 1. The van der Waals surface area contributed by atoms with Crippen LogP contribution in [0.1, 0.15) is 6.42 Å². The molecule has 0 aliphatic carbocycles. The van der Waals surface area contributed by atoms with Gasteiger partial charge in [-0.25, -0.2) is 13.2 Å². The number of nitrogens with one attached hydrogen (secondary N) is 1. The average Bonchev–Trinajstić information content (AvgIpc) is 2.83. The summed E-state index contributed by atoms with van der Waals surface area (Å²) < 4.78 is 24.4. The molecule has 19 heavy (non-hydrogen) atoms. The van der Waals surface area contributed by atoms with E-state index in [4.69, 9.17) is 0 Å². The summed E-state index contributed by atoms with van der Waals surface area (Å²) in [4.78, 5) is 14.5. The van der Waals surface area contributed by atoms with Crippen molar-refractivity contribution in [2.75, 3.05) is 11.5 Å². The monoisotopic (exact) mass is 282 g/mol. The number of hydrogen-bond donors (Lipinski definition) is 2. The van der Waals surface area contributed by atoms with Crippen LogP contribution in [0.4, 0.5) is 0 Å². The van der Waals surface area contributed by atoms with E-state index in [1.165, 1.54) is 10.6 Å². The molecule has 1 aromatic heterocycles. The maximum Gasteiger partial charge on any atom is 0.326 e. The second kappa shape index (κ2) is 4.12. The first-order valence-electron chi connectivity index (χ1n) is 6.07. The van der Waals surface area contributed by atoms with Gasteiger partial charge in [0.25, 0.3) is 0 Å². The molecule has 6 nitrogen and oxygen atoms in total. The van der Waals surface area contributed by atoms with Gasteiger partial charge in [-0.15, -0.1) is 0 Å². The van der Waals surface area contributed by atoms with Crippen molar-refractivity contribution in [1.82, 2.24) is 9.55 Å². The molecule has 1 fully saturated rings. The van der Waals surface area contributed by atoms with Crippen molar-refractivity contribution < 1.29 is 13.5 Å². The van der Waals surface area contributed by atoms with E-state index in [-0.39, 0.29) is 28.9 Å². The SMILES string of the molecule is O=c1[nH]c2c(O)cccc2n1CC1CCS(=O)(=O)C1. The van der Waals surface area contributed by atoms with Gasteiger partial charge in [0, 0.05) is 6.54 Å². The van der Waals surface area contributed by atoms with E-state index in [1.54, 1.807) is 12.1 Å². The molecule has 2 aromatic rings. The van der Waals surface area contributed by atoms with Crippen molar-refractivity contribution in [3.05, 3.63) is 28.7 Å². The molecule has 1 unspecified atom stereocenters. The molecule has 0 spiro atoms. The maximum absolute atomic E-state index is 11.9. The van der Waals surface area contributed by atoms with Crippen molar-refractivity contribution >= 4 is 20.9 Å². The number of hydrogen-bond acceptors (Lipinski definition) is 4. The van der Waals surface area contributed by atoms with Crippen LogP contribution >= 0.6 is 0 Å². The minimum Gasteiger partial charge on any atom is -0.506 e. The zero-order valence-electron chi connectivity index (χ0n) is 10.2. The molecule has 0 bridgehead atoms. The number of phenols is 1. The van der Waals surface area contributed by atoms with Crippen molar-refractivity contribution in [2.45, 2.75) is 13.0 Å². The Morgan fingerprint density at radius 1 is 1.42 bits per heavy atom. The molecular weight excluding hydrogens is 268 g/mol. The lowest BCUT2D eigenvalue weighted by Crippen LogP contribution is -2.22. The quantitative estimate of drug-likeness (QED) is 0.837. The molecular formula is C12H14N2O4S. The number of sulfone groups is 1. The Hall–Kier alpha value is -1.76. The Morgan fingerprint density at radius 3 is 2.89 bits per heavy atom. The number of phenolic OH excluding ortho intramolecular Hbond substituents is 1. The molecule has 3 rings (SSSR count). The predicted octanol–water partition coefficient (Wildman–Crippen LogP) is 0.470. The summed E-state index contributed by atoms with van der Waals surface area (Å²) >= 11 is 0. The number of fused-ring (bicyclic) bond motifs is 1. The largest absolute Gasteiger partial charge is 0.506 e. The standard InChI is InChI=1S/C12H14N2O4S/c15-10-3-1-2-9-11(10)13-12(16)14(9)6-8-4-5-19(17,18)7-8/h1-3,8,15H,4-7H2,(H,13,16). The fourth-order valence-corrected chi connectivity index (χ4v) is 4.47. The number of H-pyrrole nitrogens is 1. The summed E-state index contributed by atoms with van der Waals surface area (Å²) in [6.07, 6.45) is 0.584. The lowest BCUT2D eigenvalue weighted by molar-refractivity contribution is 0.480. The number of nitrogens with zero attached hydrogens (tertiary/aromatic N) is 1. The Labute approximate surface area is 109 Å². The molecule has 2 N–H and O–H groups in total. The lowest BCUT2D eigenvalue weighted by atomic mass is 10.1. The van der Waals surface area contributed by atoms with Crippen LogP contribution in [-0.4, -0.2) is 34.6 Å². The molecule has 0 amide bonds. The van der Waals surface area contributed by atoms with Crippen LogP contribution < -0.4 is 5.69 Å². The number of rotatable bonds is 2. The summed E-state index contributed by atoms with van der Waals surface area (Å²) in [6, 6.07) is 4.89. The minimum absolute atomic E-state index is 0.0207. The van der Waals surface area contributed by atoms with E-state index in [0.29, 0.717) is 24.0 Å². The topological polar surface area (TPSA) is 92.2 Å². The van der Waals surface area contributed by atoms with Gasteiger partial charge in [-0.1, -0.05) is 6.07 Å². The van der Waals surface area contributed by atoms with Crippen LogP contribution in [-0.2, 0) is 16.4 Å². The first kappa shape index (κ1) is 12.3. The lowest BCUT2D eigenvalue weighted by Gasteiger charge is -2.08. The normalized spacial score (nSPS) is 22.0. The van der Waals surface area contributed by atoms with Gasteiger partial charge in [-0.2, -0.15) is 0 Å². The summed E-state index contributed by atoms with van der Waals surface area (Å²) in [5.41, 5.74) is 0.684. The summed E-state index contributed by atoms with van der Waals surface area (Å²) in [6.45, 7) is 0.363. The third kappa shape index (κ3) is 2.14. The van der Waals surface area contributed by atoms with Gasteiger partial charge in [0.15, 0.2) is 9.84 Å². The van der Waals surface area contributed by atoms with Gasteiger partial charge in [0.05, 0.1) is 17.0 Å². The first-order chi connectivity index (χ1) is 8.96. The highest BCUT2D eigenvalue weighted by molar-refractivity contribution is 7.91. The molecule has 0 saturated carbocycles. The average molecular weight is 282 g/mol. The van der Waals surface area contributed by atoms with Crippen LogP contribution in [0, 0.1) is 5.92 Å². The third-order valence-corrected chi connectivity index (χ3v) is 5.39. The highest BCUT2D eigenvalue weighted by atomic mass is 32.2. The number of aromatic amines is 1. The second-order valence-corrected chi connectivity index (χ2v) is 7.21. The van der Waals surface area contributed by atoms with Crippen LogP contribution in [0.3, 0.4) is 0 Å². The molecule has 7 heteroatoms. The molecule has 1 saturated heterocycles. The van der Waals surface area contributed by atoms with Crippen molar-refractivity contribution in [2.24, 2.45) is 5.92 Å². The van der Waals surface area contributed by atoms with Crippen molar-refractivity contribution in [3.63, 3.8) is 0 Å². The number of aromatic nitrogens is 2. The van der Waals surface area contributed by atoms with E-state index in [0.717, 1.165) is 0 Å². The van der Waals surface area contributed by atoms with E-state index in [9.17, 15) is 18.3 Å². The predicted molar refractivity (Wildman–Crippen MR) is 71.0 cm³/mol.